The van der Waals surface area contributed by atoms with Crippen molar-refractivity contribution < 1.29 is 5.11 Å². The summed E-state index contributed by atoms with van der Waals surface area (Å²) in [6.45, 7) is 0. The van der Waals surface area contributed by atoms with Crippen LogP contribution >= 0.6 is 11.6 Å². The predicted molar refractivity (Wildman–Crippen MR) is 49.2 cm³/mol. The van der Waals surface area contributed by atoms with E-state index < -0.39 is 6.10 Å². The Bertz CT molecular complexity index is 215. The van der Waals surface area contributed by atoms with Crippen molar-refractivity contribution in [2.75, 3.05) is 5.88 Å². The van der Waals surface area contributed by atoms with Crippen molar-refractivity contribution in [3.8, 4) is 0 Å². The smallest absolute Gasteiger partial charge is 0.0805 e. The Labute approximate surface area is 77.2 Å². The highest BCUT2D eigenvalue weighted by Gasteiger charge is 2.05. The van der Waals surface area contributed by atoms with Crippen LogP contribution in [0, 0.1) is 0 Å². The van der Waals surface area contributed by atoms with Crippen molar-refractivity contribution in [2.45, 2.75) is 18.9 Å². The van der Waals surface area contributed by atoms with Gasteiger partial charge in [-0.3, -0.25) is 4.98 Å². The van der Waals surface area contributed by atoms with Gasteiger partial charge < -0.3 is 5.11 Å². The van der Waals surface area contributed by atoms with Gasteiger partial charge in [0, 0.05) is 18.3 Å². The molecule has 1 rings (SSSR count). The standard InChI is InChI=1S/C9H12ClNO/c10-5-1-4-9(12)8-3-2-6-11-7-8/h2-3,6-7,9,12H,1,4-5H2/t9-/m1/s1. The van der Waals surface area contributed by atoms with Gasteiger partial charge in [0.25, 0.3) is 0 Å². The van der Waals surface area contributed by atoms with Crippen LogP contribution in [0.5, 0.6) is 0 Å². The number of hydrogen-bond acceptors (Lipinski definition) is 2. The molecule has 0 radical (unpaired) electrons. The fourth-order valence-electron chi connectivity index (χ4n) is 1.01. The maximum atomic E-state index is 9.55. The van der Waals surface area contributed by atoms with Crippen molar-refractivity contribution in [1.82, 2.24) is 4.98 Å². The van der Waals surface area contributed by atoms with Crippen LogP contribution in [0.2, 0.25) is 0 Å². The van der Waals surface area contributed by atoms with Gasteiger partial charge in [-0.15, -0.1) is 11.6 Å². The van der Waals surface area contributed by atoms with E-state index in [0.29, 0.717) is 12.3 Å². The number of aromatic nitrogens is 1. The summed E-state index contributed by atoms with van der Waals surface area (Å²) in [5.74, 6) is 0.595. The lowest BCUT2D eigenvalue weighted by atomic mass is 10.1. The van der Waals surface area contributed by atoms with Crippen LogP contribution < -0.4 is 0 Å². The van der Waals surface area contributed by atoms with Crippen LogP contribution in [0.1, 0.15) is 24.5 Å². The summed E-state index contributed by atoms with van der Waals surface area (Å²) < 4.78 is 0. The first-order chi connectivity index (χ1) is 5.84. The van der Waals surface area contributed by atoms with Crippen LogP contribution in [0.4, 0.5) is 0 Å². The van der Waals surface area contributed by atoms with Gasteiger partial charge >= 0.3 is 0 Å². The third-order valence-corrected chi connectivity index (χ3v) is 1.95. The lowest BCUT2D eigenvalue weighted by Crippen LogP contribution is -1.97. The highest BCUT2D eigenvalue weighted by Crippen LogP contribution is 2.16. The second-order valence-electron chi connectivity index (χ2n) is 2.63. The van der Waals surface area contributed by atoms with Gasteiger partial charge in [0.15, 0.2) is 0 Å². The molecule has 0 amide bonds. The summed E-state index contributed by atoms with van der Waals surface area (Å²) in [6.07, 6.45) is 4.49. The molecule has 2 nitrogen and oxygen atoms in total. The van der Waals surface area contributed by atoms with Crippen LogP contribution in [0.3, 0.4) is 0 Å². The number of halogens is 1. The summed E-state index contributed by atoms with van der Waals surface area (Å²) in [5, 5.41) is 9.55. The lowest BCUT2D eigenvalue weighted by molar-refractivity contribution is 0.166. The monoisotopic (exact) mass is 185 g/mol. The van der Waals surface area contributed by atoms with Crippen LogP contribution in [0.15, 0.2) is 24.5 Å². The maximum Gasteiger partial charge on any atom is 0.0805 e. The summed E-state index contributed by atoms with van der Waals surface area (Å²) in [7, 11) is 0. The van der Waals surface area contributed by atoms with E-state index in [0.717, 1.165) is 12.0 Å². The van der Waals surface area contributed by atoms with Gasteiger partial charge in [-0.25, -0.2) is 0 Å². The largest absolute Gasteiger partial charge is 0.388 e. The first-order valence-corrected chi connectivity index (χ1v) is 4.52. The third-order valence-electron chi connectivity index (χ3n) is 1.68. The molecule has 1 N–H and O–H groups in total. The SMILES string of the molecule is O[C@H](CCCCl)c1cccnc1. The zero-order valence-electron chi connectivity index (χ0n) is 6.78. The zero-order valence-corrected chi connectivity index (χ0v) is 7.54. The summed E-state index contributed by atoms with van der Waals surface area (Å²) in [6, 6.07) is 3.69. The number of nitrogens with zero attached hydrogens (tertiary/aromatic N) is 1. The van der Waals surface area contributed by atoms with Crippen LogP contribution in [0.25, 0.3) is 0 Å². The number of aliphatic hydroxyl groups excluding tert-OH is 1. The fourth-order valence-corrected chi connectivity index (χ4v) is 1.16. The molecule has 66 valence electrons. The van der Waals surface area contributed by atoms with Crippen molar-refractivity contribution in [2.24, 2.45) is 0 Å². The molecule has 0 spiro atoms. The molecule has 0 aliphatic carbocycles. The van der Waals surface area contributed by atoms with Crippen LogP contribution in [-0.2, 0) is 0 Å². The van der Waals surface area contributed by atoms with E-state index in [1.807, 2.05) is 12.1 Å². The minimum atomic E-state index is -0.419. The van der Waals surface area contributed by atoms with E-state index in [-0.39, 0.29) is 0 Å². The number of alkyl halides is 1. The summed E-state index contributed by atoms with van der Waals surface area (Å²) in [4.78, 5) is 3.92. The van der Waals surface area contributed by atoms with Gasteiger partial charge in [0.1, 0.15) is 0 Å². The van der Waals surface area contributed by atoms with E-state index in [1.54, 1.807) is 12.4 Å². The average molecular weight is 186 g/mol. The quantitative estimate of drug-likeness (QED) is 0.730. The number of pyridine rings is 1. The molecule has 0 aromatic carbocycles. The molecule has 1 heterocycles. The van der Waals surface area contributed by atoms with Crippen molar-refractivity contribution >= 4 is 11.6 Å². The highest BCUT2D eigenvalue weighted by molar-refractivity contribution is 6.17. The molecule has 3 heteroatoms. The third kappa shape index (κ3) is 2.80. The Morgan fingerprint density at radius 1 is 1.58 bits per heavy atom. The number of aliphatic hydroxyl groups is 1. The first-order valence-electron chi connectivity index (χ1n) is 3.98. The second-order valence-corrected chi connectivity index (χ2v) is 3.01. The van der Waals surface area contributed by atoms with E-state index in [4.69, 9.17) is 11.6 Å². The fraction of sp³-hybridized carbons (Fsp3) is 0.444. The van der Waals surface area contributed by atoms with Gasteiger partial charge in [0.2, 0.25) is 0 Å². The normalized spacial score (nSPS) is 12.8. The number of hydrogen-bond donors (Lipinski definition) is 1. The second kappa shape index (κ2) is 5.12. The molecule has 0 bridgehead atoms. The molecule has 12 heavy (non-hydrogen) atoms. The van der Waals surface area contributed by atoms with Crippen LogP contribution in [-0.4, -0.2) is 16.0 Å². The van der Waals surface area contributed by atoms with Gasteiger partial charge in [-0.05, 0) is 24.5 Å². The molecular weight excluding hydrogens is 174 g/mol. The Morgan fingerprint density at radius 3 is 3.00 bits per heavy atom. The Hall–Kier alpha value is -0.600. The molecule has 0 saturated heterocycles. The van der Waals surface area contributed by atoms with E-state index in [1.165, 1.54) is 0 Å². The molecule has 0 aliphatic heterocycles. The molecule has 0 unspecified atom stereocenters. The molecule has 1 aromatic heterocycles. The van der Waals surface area contributed by atoms with E-state index in [2.05, 4.69) is 4.98 Å². The molecule has 1 atom stereocenters. The predicted octanol–water partition coefficient (Wildman–Crippen LogP) is 2.13. The minimum Gasteiger partial charge on any atom is -0.388 e. The minimum absolute atomic E-state index is 0.419. The summed E-state index contributed by atoms with van der Waals surface area (Å²) >= 11 is 5.51. The molecular formula is C9H12ClNO. The Balaban J connectivity index is 2.48. The van der Waals surface area contributed by atoms with Crippen molar-refractivity contribution in [3.63, 3.8) is 0 Å². The maximum absolute atomic E-state index is 9.55. The number of rotatable bonds is 4. The van der Waals surface area contributed by atoms with E-state index in [9.17, 15) is 5.11 Å². The molecule has 0 saturated carbocycles. The Morgan fingerprint density at radius 2 is 2.42 bits per heavy atom. The molecule has 0 aliphatic rings. The zero-order chi connectivity index (χ0) is 8.81. The van der Waals surface area contributed by atoms with Crippen molar-refractivity contribution in [3.05, 3.63) is 30.1 Å². The Kier molecular flexibility index (Phi) is 4.05. The van der Waals surface area contributed by atoms with E-state index >= 15 is 0 Å². The van der Waals surface area contributed by atoms with Crippen molar-refractivity contribution in [1.29, 1.82) is 0 Å². The topological polar surface area (TPSA) is 33.1 Å². The van der Waals surface area contributed by atoms with Gasteiger partial charge in [0.05, 0.1) is 6.10 Å². The van der Waals surface area contributed by atoms with Gasteiger partial charge in [-0.1, -0.05) is 6.07 Å². The first kappa shape index (κ1) is 9.49. The molecule has 1 aromatic rings. The average Bonchev–Trinajstić information content (AvgIpc) is 2.15. The summed E-state index contributed by atoms with van der Waals surface area (Å²) in [5.41, 5.74) is 0.864. The highest BCUT2D eigenvalue weighted by atomic mass is 35.5. The lowest BCUT2D eigenvalue weighted by Gasteiger charge is -2.08. The van der Waals surface area contributed by atoms with Gasteiger partial charge in [-0.2, -0.15) is 0 Å². The molecule has 0 fully saturated rings.